The summed E-state index contributed by atoms with van der Waals surface area (Å²) in [6.45, 7) is 1.44. The number of nitrogens with one attached hydrogen (secondary N) is 2. The Hall–Kier alpha value is -2.39. The van der Waals surface area contributed by atoms with Crippen molar-refractivity contribution in [3.8, 4) is 11.3 Å². The van der Waals surface area contributed by atoms with Gasteiger partial charge in [0.2, 0.25) is 5.95 Å². The first kappa shape index (κ1) is 17.4. The van der Waals surface area contributed by atoms with E-state index in [-0.39, 0.29) is 29.0 Å². The Morgan fingerprint density at radius 2 is 2.08 bits per heavy atom. The number of rotatable bonds is 4. The fourth-order valence-corrected chi connectivity index (χ4v) is 2.45. The van der Waals surface area contributed by atoms with Gasteiger partial charge in [0.25, 0.3) is 0 Å². The van der Waals surface area contributed by atoms with Crippen molar-refractivity contribution >= 4 is 28.6 Å². The Balaban J connectivity index is 2.18. The van der Waals surface area contributed by atoms with E-state index in [2.05, 4.69) is 25.3 Å². The van der Waals surface area contributed by atoms with Crippen LogP contribution in [0.5, 0.6) is 0 Å². The number of alkyl halides is 3. The number of anilines is 1. The van der Waals surface area contributed by atoms with E-state index >= 15 is 0 Å². The summed E-state index contributed by atoms with van der Waals surface area (Å²) < 4.78 is 40.1. The van der Waals surface area contributed by atoms with E-state index in [9.17, 15) is 13.2 Å². The normalized spacial score (nSPS) is 13.2. The van der Waals surface area contributed by atoms with Crippen LogP contribution >= 0.6 is 11.6 Å². The highest BCUT2D eigenvalue weighted by Crippen LogP contribution is 2.38. The maximum Gasteiger partial charge on any atom is 0.419 e. The summed E-state index contributed by atoms with van der Waals surface area (Å²) in [7, 11) is 0. The smallest absolute Gasteiger partial charge is 0.394 e. The second-order valence-electron chi connectivity index (χ2n) is 5.41. The van der Waals surface area contributed by atoms with Crippen molar-refractivity contribution in [2.24, 2.45) is 0 Å². The molecule has 132 valence electrons. The van der Waals surface area contributed by atoms with Gasteiger partial charge in [0.05, 0.1) is 12.3 Å². The number of nitrogens with zero attached hydrogens (tertiary/aromatic N) is 3. The second kappa shape index (κ2) is 6.49. The molecule has 10 heteroatoms. The monoisotopic (exact) mass is 371 g/mol. The zero-order valence-corrected chi connectivity index (χ0v) is 13.7. The number of aliphatic hydroxyl groups excluding tert-OH is 1. The van der Waals surface area contributed by atoms with Crippen molar-refractivity contribution < 1.29 is 18.3 Å². The molecule has 0 aliphatic carbocycles. The first-order valence-electron chi connectivity index (χ1n) is 7.25. The van der Waals surface area contributed by atoms with Gasteiger partial charge in [-0.05, 0) is 19.1 Å². The fourth-order valence-electron chi connectivity index (χ4n) is 2.31. The highest BCUT2D eigenvalue weighted by molar-refractivity contribution is 6.29. The molecule has 3 rings (SSSR count). The molecule has 6 nitrogen and oxygen atoms in total. The summed E-state index contributed by atoms with van der Waals surface area (Å²) in [5, 5.41) is 12.5. The number of aliphatic hydroxyl groups is 1. The third-order valence-corrected chi connectivity index (χ3v) is 3.71. The van der Waals surface area contributed by atoms with E-state index in [4.69, 9.17) is 16.7 Å². The van der Waals surface area contributed by atoms with Crippen molar-refractivity contribution in [1.82, 2.24) is 19.9 Å². The van der Waals surface area contributed by atoms with Gasteiger partial charge < -0.3 is 15.4 Å². The first-order valence-corrected chi connectivity index (χ1v) is 7.63. The molecule has 1 atom stereocenters. The predicted molar refractivity (Wildman–Crippen MR) is 87.3 cm³/mol. The number of hydrogen-bond donors (Lipinski definition) is 3. The van der Waals surface area contributed by atoms with Crippen LogP contribution < -0.4 is 5.32 Å². The highest BCUT2D eigenvalue weighted by Gasteiger charge is 2.36. The molecular weight excluding hydrogens is 359 g/mol. The van der Waals surface area contributed by atoms with Crippen LogP contribution in [0.25, 0.3) is 22.3 Å². The van der Waals surface area contributed by atoms with E-state index in [1.165, 1.54) is 12.3 Å². The average molecular weight is 372 g/mol. The van der Waals surface area contributed by atoms with Crippen molar-refractivity contribution in [2.75, 3.05) is 11.9 Å². The quantitative estimate of drug-likeness (QED) is 0.611. The predicted octanol–water partition coefficient (Wildman–Crippen LogP) is 3.48. The van der Waals surface area contributed by atoms with Crippen molar-refractivity contribution in [3.63, 3.8) is 0 Å². The molecular formula is C15H13ClF3N5O. The van der Waals surface area contributed by atoms with Crippen LogP contribution in [0.2, 0.25) is 5.15 Å². The summed E-state index contributed by atoms with van der Waals surface area (Å²) in [6.07, 6.45) is -2.51. The van der Waals surface area contributed by atoms with Crippen LogP contribution in [0.1, 0.15) is 12.5 Å². The number of fused-ring (bicyclic) bond motifs is 1. The Bertz CT molecular complexity index is 912. The van der Waals surface area contributed by atoms with Crippen LogP contribution in [0.4, 0.5) is 19.1 Å². The molecule has 0 bridgehead atoms. The van der Waals surface area contributed by atoms with E-state index in [1.54, 1.807) is 13.0 Å². The topological polar surface area (TPSA) is 86.7 Å². The Kier molecular flexibility index (Phi) is 4.53. The van der Waals surface area contributed by atoms with Crippen LogP contribution in [-0.4, -0.2) is 37.7 Å². The van der Waals surface area contributed by atoms with Crippen LogP contribution in [0, 0.1) is 0 Å². The molecule has 3 aromatic rings. The molecule has 3 aromatic heterocycles. The highest BCUT2D eigenvalue weighted by atomic mass is 35.5. The lowest BCUT2D eigenvalue weighted by molar-refractivity contribution is -0.137. The lowest BCUT2D eigenvalue weighted by atomic mass is 10.1. The maximum atomic E-state index is 13.4. The van der Waals surface area contributed by atoms with Gasteiger partial charge in [-0.2, -0.15) is 13.2 Å². The number of aromatic nitrogens is 4. The van der Waals surface area contributed by atoms with E-state index in [0.717, 1.165) is 6.20 Å². The fraction of sp³-hybridized carbons (Fsp3) is 0.267. The minimum Gasteiger partial charge on any atom is -0.394 e. The molecule has 0 radical (unpaired) electrons. The van der Waals surface area contributed by atoms with Crippen molar-refractivity contribution in [3.05, 3.63) is 35.2 Å². The number of aromatic amines is 1. The van der Waals surface area contributed by atoms with Crippen molar-refractivity contribution in [1.29, 1.82) is 0 Å². The molecule has 0 saturated carbocycles. The molecule has 0 aliphatic rings. The van der Waals surface area contributed by atoms with Gasteiger partial charge >= 0.3 is 6.18 Å². The van der Waals surface area contributed by atoms with Gasteiger partial charge in [0.15, 0.2) is 0 Å². The summed E-state index contributed by atoms with van der Waals surface area (Å²) >= 11 is 5.81. The van der Waals surface area contributed by atoms with Crippen molar-refractivity contribution in [2.45, 2.75) is 19.1 Å². The molecule has 0 spiro atoms. The standard InChI is InChI=1S/C15H13ClF3N5O/c1-7(6-25)22-14-21-5-10(15(17,18)19)12(24-14)9-4-20-13-8(9)2-3-11(16)23-13/h2-5,7,25H,6H2,1H3,(H,20,23)(H,21,22,24)/t7-/m0/s1. The van der Waals surface area contributed by atoms with Gasteiger partial charge in [-0.3, -0.25) is 0 Å². The molecule has 3 heterocycles. The number of pyridine rings is 1. The Morgan fingerprint density at radius 1 is 1.32 bits per heavy atom. The lowest BCUT2D eigenvalue weighted by Gasteiger charge is -2.15. The minimum atomic E-state index is -4.63. The number of H-pyrrole nitrogens is 1. The minimum absolute atomic E-state index is 0.0131. The van der Waals surface area contributed by atoms with E-state index in [1.807, 2.05) is 0 Å². The lowest BCUT2D eigenvalue weighted by Crippen LogP contribution is -2.21. The van der Waals surface area contributed by atoms with Crippen LogP contribution in [-0.2, 0) is 6.18 Å². The van der Waals surface area contributed by atoms with E-state index in [0.29, 0.717) is 11.0 Å². The summed E-state index contributed by atoms with van der Waals surface area (Å²) in [6, 6.07) is 2.65. The summed E-state index contributed by atoms with van der Waals surface area (Å²) in [5.74, 6) is -0.0131. The molecule has 0 saturated heterocycles. The Labute approximate surface area is 145 Å². The molecule has 0 unspecified atom stereocenters. The molecule has 25 heavy (non-hydrogen) atoms. The van der Waals surface area contributed by atoms with Gasteiger partial charge in [0.1, 0.15) is 16.4 Å². The molecule has 3 N–H and O–H groups in total. The molecule has 0 aromatic carbocycles. The third-order valence-electron chi connectivity index (χ3n) is 3.50. The number of halogens is 4. The third kappa shape index (κ3) is 3.52. The summed E-state index contributed by atoms with van der Waals surface area (Å²) in [5.41, 5.74) is -0.669. The zero-order chi connectivity index (χ0) is 18.2. The first-order chi connectivity index (χ1) is 11.8. The molecule has 0 fully saturated rings. The van der Waals surface area contributed by atoms with Gasteiger partial charge in [-0.25, -0.2) is 15.0 Å². The van der Waals surface area contributed by atoms with E-state index < -0.39 is 17.8 Å². The second-order valence-corrected chi connectivity index (χ2v) is 5.80. The Morgan fingerprint density at radius 3 is 2.76 bits per heavy atom. The van der Waals surface area contributed by atoms with Gasteiger partial charge in [-0.15, -0.1) is 0 Å². The molecule has 0 aliphatic heterocycles. The van der Waals surface area contributed by atoms with Crippen LogP contribution in [0.3, 0.4) is 0 Å². The largest absolute Gasteiger partial charge is 0.419 e. The number of hydrogen-bond acceptors (Lipinski definition) is 5. The average Bonchev–Trinajstić information content (AvgIpc) is 2.96. The zero-order valence-electron chi connectivity index (χ0n) is 12.9. The maximum absolute atomic E-state index is 13.4. The summed E-state index contributed by atoms with van der Waals surface area (Å²) in [4.78, 5) is 14.5. The molecule has 0 amide bonds. The van der Waals surface area contributed by atoms with Gasteiger partial charge in [-0.1, -0.05) is 11.6 Å². The SMILES string of the molecule is C[C@@H](CO)Nc1ncc(C(F)(F)F)c(-c2c[nH]c3nc(Cl)ccc23)n1. The van der Waals surface area contributed by atoms with Crippen LogP contribution in [0.15, 0.2) is 24.5 Å². The van der Waals surface area contributed by atoms with Gasteiger partial charge in [0, 0.05) is 29.4 Å².